The quantitative estimate of drug-likeness (QED) is 0.531. The SMILES string of the molecule is COc1cccc(CNC(=O)c2nc3ccc([N+](=O)[O-])cc3c(=O)[nH]2)c1. The Morgan fingerprint density at radius 3 is 2.85 bits per heavy atom. The number of rotatable bonds is 5. The van der Waals surface area contributed by atoms with Crippen molar-refractivity contribution >= 4 is 22.5 Å². The van der Waals surface area contributed by atoms with E-state index in [1.165, 1.54) is 12.1 Å². The van der Waals surface area contributed by atoms with Crippen LogP contribution in [0.5, 0.6) is 5.75 Å². The van der Waals surface area contributed by atoms with Crippen LogP contribution in [0.15, 0.2) is 47.3 Å². The first-order valence-electron chi connectivity index (χ1n) is 7.57. The molecular weight excluding hydrogens is 340 g/mol. The third-order valence-corrected chi connectivity index (χ3v) is 3.70. The van der Waals surface area contributed by atoms with Crippen molar-refractivity contribution in [2.24, 2.45) is 0 Å². The van der Waals surface area contributed by atoms with E-state index in [0.717, 1.165) is 11.6 Å². The number of non-ortho nitro benzene ring substituents is 1. The highest BCUT2D eigenvalue weighted by Gasteiger charge is 2.14. The summed E-state index contributed by atoms with van der Waals surface area (Å²) in [6.07, 6.45) is 0. The molecule has 132 valence electrons. The van der Waals surface area contributed by atoms with Gasteiger partial charge >= 0.3 is 0 Å². The van der Waals surface area contributed by atoms with Crippen LogP contribution < -0.4 is 15.6 Å². The third-order valence-electron chi connectivity index (χ3n) is 3.70. The molecule has 0 atom stereocenters. The van der Waals surface area contributed by atoms with Crippen LogP contribution in [-0.4, -0.2) is 27.9 Å². The molecule has 0 bridgehead atoms. The van der Waals surface area contributed by atoms with E-state index in [4.69, 9.17) is 4.74 Å². The van der Waals surface area contributed by atoms with Gasteiger partial charge in [-0.05, 0) is 23.8 Å². The van der Waals surface area contributed by atoms with E-state index in [1.54, 1.807) is 25.3 Å². The third kappa shape index (κ3) is 3.51. The molecule has 0 fully saturated rings. The fraction of sp³-hybridized carbons (Fsp3) is 0.118. The van der Waals surface area contributed by atoms with Crippen LogP contribution in [0.1, 0.15) is 16.2 Å². The zero-order valence-electron chi connectivity index (χ0n) is 13.7. The van der Waals surface area contributed by atoms with Gasteiger partial charge in [-0.1, -0.05) is 12.1 Å². The molecule has 0 saturated carbocycles. The molecule has 26 heavy (non-hydrogen) atoms. The molecule has 9 heteroatoms. The van der Waals surface area contributed by atoms with Gasteiger partial charge in [-0.3, -0.25) is 19.7 Å². The van der Waals surface area contributed by atoms with E-state index in [-0.39, 0.29) is 29.0 Å². The Hall–Kier alpha value is -3.75. The van der Waals surface area contributed by atoms with Gasteiger partial charge in [0.1, 0.15) is 5.75 Å². The van der Waals surface area contributed by atoms with Gasteiger partial charge < -0.3 is 15.0 Å². The first kappa shape index (κ1) is 17.1. The molecule has 3 aromatic rings. The van der Waals surface area contributed by atoms with Crippen LogP contribution >= 0.6 is 0 Å². The summed E-state index contributed by atoms with van der Waals surface area (Å²) >= 11 is 0. The van der Waals surface area contributed by atoms with Crippen molar-refractivity contribution in [1.82, 2.24) is 15.3 Å². The number of hydrogen-bond donors (Lipinski definition) is 2. The summed E-state index contributed by atoms with van der Waals surface area (Å²) in [5, 5.41) is 13.5. The zero-order valence-corrected chi connectivity index (χ0v) is 13.7. The van der Waals surface area contributed by atoms with E-state index in [2.05, 4.69) is 15.3 Å². The summed E-state index contributed by atoms with van der Waals surface area (Å²) in [5.74, 6) is -0.0694. The second-order valence-corrected chi connectivity index (χ2v) is 5.41. The number of ether oxygens (including phenoxy) is 1. The number of nitro groups is 1. The lowest BCUT2D eigenvalue weighted by Gasteiger charge is -2.07. The lowest BCUT2D eigenvalue weighted by Crippen LogP contribution is -2.27. The minimum absolute atomic E-state index is 0.0449. The van der Waals surface area contributed by atoms with Crippen molar-refractivity contribution in [2.75, 3.05) is 7.11 Å². The number of carbonyl (C=O) groups excluding carboxylic acids is 1. The van der Waals surface area contributed by atoms with E-state index in [1.807, 2.05) is 6.07 Å². The monoisotopic (exact) mass is 354 g/mol. The number of H-pyrrole nitrogens is 1. The Morgan fingerprint density at radius 2 is 2.12 bits per heavy atom. The topological polar surface area (TPSA) is 127 Å². The molecule has 0 radical (unpaired) electrons. The van der Waals surface area contributed by atoms with Crippen LogP contribution in [0.4, 0.5) is 5.69 Å². The minimum Gasteiger partial charge on any atom is -0.497 e. The molecule has 1 aromatic heterocycles. The van der Waals surface area contributed by atoms with Crippen molar-refractivity contribution in [2.45, 2.75) is 6.54 Å². The number of amides is 1. The highest BCUT2D eigenvalue weighted by Crippen LogP contribution is 2.16. The Bertz CT molecular complexity index is 1060. The van der Waals surface area contributed by atoms with E-state index < -0.39 is 16.4 Å². The van der Waals surface area contributed by atoms with Gasteiger partial charge in [0.2, 0.25) is 0 Å². The Balaban J connectivity index is 1.83. The molecule has 1 heterocycles. The van der Waals surface area contributed by atoms with Crippen LogP contribution in [0.3, 0.4) is 0 Å². The van der Waals surface area contributed by atoms with Crippen LogP contribution in [0, 0.1) is 10.1 Å². The average Bonchev–Trinajstić information content (AvgIpc) is 2.65. The summed E-state index contributed by atoms with van der Waals surface area (Å²) < 4.78 is 5.12. The second kappa shape index (κ2) is 7.01. The number of nitrogens with one attached hydrogen (secondary N) is 2. The Labute approximate surface area is 146 Å². The van der Waals surface area contributed by atoms with E-state index in [9.17, 15) is 19.7 Å². The van der Waals surface area contributed by atoms with Crippen LogP contribution in [-0.2, 0) is 6.54 Å². The van der Waals surface area contributed by atoms with Gasteiger partial charge in [-0.2, -0.15) is 0 Å². The normalized spacial score (nSPS) is 10.5. The maximum Gasteiger partial charge on any atom is 0.287 e. The van der Waals surface area contributed by atoms with Gasteiger partial charge in [0.25, 0.3) is 17.2 Å². The summed E-state index contributed by atoms with van der Waals surface area (Å²) in [7, 11) is 1.55. The average molecular weight is 354 g/mol. The van der Waals surface area contributed by atoms with Crippen molar-refractivity contribution in [3.05, 3.63) is 74.3 Å². The van der Waals surface area contributed by atoms with E-state index in [0.29, 0.717) is 5.75 Å². The molecule has 0 aliphatic heterocycles. The smallest absolute Gasteiger partial charge is 0.287 e. The number of nitrogens with zero attached hydrogens (tertiary/aromatic N) is 2. The molecule has 2 N–H and O–H groups in total. The standard InChI is InChI=1S/C17H14N4O5/c1-26-12-4-2-3-10(7-12)9-18-17(23)15-19-14-6-5-11(21(24)25)8-13(14)16(22)20-15/h2-8H,9H2,1H3,(H,18,23)(H,19,20,22). The number of hydrogen-bond acceptors (Lipinski definition) is 6. The summed E-state index contributed by atoms with van der Waals surface area (Å²) in [4.78, 5) is 41.0. The van der Waals surface area contributed by atoms with Crippen LogP contribution in [0.2, 0.25) is 0 Å². The lowest BCUT2D eigenvalue weighted by atomic mass is 10.2. The number of aromatic amines is 1. The fourth-order valence-corrected chi connectivity index (χ4v) is 2.40. The Kier molecular flexibility index (Phi) is 4.61. The van der Waals surface area contributed by atoms with Gasteiger partial charge in [-0.15, -0.1) is 0 Å². The summed E-state index contributed by atoms with van der Waals surface area (Å²) in [5.41, 5.74) is 0.174. The minimum atomic E-state index is -0.620. The number of nitro benzene ring substituents is 1. The lowest BCUT2D eigenvalue weighted by molar-refractivity contribution is -0.384. The molecule has 9 nitrogen and oxygen atoms in total. The van der Waals surface area contributed by atoms with Gasteiger partial charge in [-0.25, -0.2) is 4.98 Å². The molecule has 0 spiro atoms. The van der Waals surface area contributed by atoms with Crippen molar-refractivity contribution in [3.63, 3.8) is 0 Å². The molecule has 0 aliphatic rings. The van der Waals surface area contributed by atoms with Gasteiger partial charge in [0.15, 0.2) is 5.82 Å². The number of methoxy groups -OCH3 is 1. The molecule has 3 rings (SSSR count). The first-order valence-corrected chi connectivity index (χ1v) is 7.57. The second-order valence-electron chi connectivity index (χ2n) is 5.41. The molecule has 1 amide bonds. The summed E-state index contributed by atoms with van der Waals surface area (Å²) in [6.45, 7) is 0.220. The first-order chi connectivity index (χ1) is 12.5. The maximum atomic E-state index is 12.3. The fourth-order valence-electron chi connectivity index (χ4n) is 2.40. The number of benzene rings is 2. The highest BCUT2D eigenvalue weighted by molar-refractivity contribution is 5.92. The zero-order chi connectivity index (χ0) is 18.7. The number of fused-ring (bicyclic) bond motifs is 1. The molecule has 2 aromatic carbocycles. The Morgan fingerprint density at radius 1 is 1.31 bits per heavy atom. The molecular formula is C17H14N4O5. The number of carbonyl (C=O) groups is 1. The van der Waals surface area contributed by atoms with Crippen LogP contribution in [0.25, 0.3) is 10.9 Å². The predicted octanol–water partition coefficient (Wildman–Crippen LogP) is 1.77. The molecule has 0 saturated heterocycles. The van der Waals surface area contributed by atoms with Crippen molar-refractivity contribution in [3.8, 4) is 5.75 Å². The van der Waals surface area contributed by atoms with Gasteiger partial charge in [0, 0.05) is 18.7 Å². The maximum absolute atomic E-state index is 12.3. The van der Waals surface area contributed by atoms with Crippen molar-refractivity contribution in [1.29, 1.82) is 0 Å². The van der Waals surface area contributed by atoms with Crippen molar-refractivity contribution < 1.29 is 14.5 Å². The number of aromatic nitrogens is 2. The van der Waals surface area contributed by atoms with E-state index >= 15 is 0 Å². The summed E-state index contributed by atoms with van der Waals surface area (Å²) in [6, 6.07) is 10.9. The molecule has 0 unspecified atom stereocenters. The van der Waals surface area contributed by atoms with Gasteiger partial charge in [0.05, 0.1) is 22.9 Å². The molecule has 0 aliphatic carbocycles. The highest BCUT2D eigenvalue weighted by atomic mass is 16.6. The largest absolute Gasteiger partial charge is 0.497 e. The predicted molar refractivity (Wildman–Crippen MR) is 93.2 cm³/mol.